The van der Waals surface area contributed by atoms with Gasteiger partial charge in [0.15, 0.2) is 6.61 Å². The van der Waals surface area contributed by atoms with E-state index in [0.717, 1.165) is 21.5 Å². The number of fused-ring (bicyclic) bond motifs is 1. The van der Waals surface area contributed by atoms with Gasteiger partial charge in [0, 0.05) is 17.5 Å². The Labute approximate surface area is 192 Å². The number of hydrogen-bond donors (Lipinski definition) is 2. The van der Waals surface area contributed by atoms with Crippen LogP contribution < -0.4 is 15.8 Å². The van der Waals surface area contributed by atoms with Gasteiger partial charge in [-0.25, -0.2) is 9.80 Å². The number of rotatable bonds is 7. The number of hydrazine groups is 1. The second-order valence-corrected chi connectivity index (χ2v) is 8.71. The van der Waals surface area contributed by atoms with Crippen LogP contribution in [-0.4, -0.2) is 39.8 Å². The highest BCUT2D eigenvalue weighted by Crippen LogP contribution is 2.43. The minimum absolute atomic E-state index is 0.317. The minimum atomic E-state index is -1.10. The van der Waals surface area contributed by atoms with Crippen molar-refractivity contribution in [1.29, 1.82) is 0 Å². The summed E-state index contributed by atoms with van der Waals surface area (Å²) in [5.74, 6) is -1.86. The zero-order valence-corrected chi connectivity index (χ0v) is 18.3. The quantitative estimate of drug-likeness (QED) is 0.507. The number of ether oxygens (including phenoxy) is 1. The molecular formula is C23H20N2O7S. The molecule has 2 aromatic carbocycles. The molecule has 2 N–H and O–H groups in total. The van der Waals surface area contributed by atoms with E-state index < -0.39 is 40.6 Å². The van der Waals surface area contributed by atoms with E-state index in [9.17, 15) is 19.2 Å². The Morgan fingerprint density at radius 2 is 1.91 bits per heavy atom. The molecule has 2 atom stereocenters. The molecule has 4 rings (SSSR count). The van der Waals surface area contributed by atoms with Crippen LogP contribution in [0.25, 0.3) is 11.0 Å². The average Bonchev–Trinajstić information content (AvgIpc) is 3.07. The first-order valence-corrected chi connectivity index (χ1v) is 11.0. The fourth-order valence-electron chi connectivity index (χ4n) is 3.51. The summed E-state index contributed by atoms with van der Waals surface area (Å²) < 4.78 is 10.7. The van der Waals surface area contributed by atoms with E-state index in [4.69, 9.17) is 14.3 Å². The van der Waals surface area contributed by atoms with E-state index in [1.807, 2.05) is 6.07 Å². The van der Waals surface area contributed by atoms with Crippen LogP contribution in [-0.2, 0) is 14.4 Å². The Morgan fingerprint density at radius 3 is 2.64 bits per heavy atom. The highest BCUT2D eigenvalue weighted by atomic mass is 32.2. The van der Waals surface area contributed by atoms with Gasteiger partial charge in [-0.3, -0.25) is 19.8 Å². The summed E-state index contributed by atoms with van der Waals surface area (Å²) in [5.41, 5.74) is 3.91. The molecule has 2 unspecified atom stereocenters. The number of hydrogen-bond acceptors (Lipinski definition) is 7. The third kappa shape index (κ3) is 5.01. The average molecular weight is 468 g/mol. The number of carboxylic acids is 1. The molecule has 1 aliphatic heterocycles. The number of benzene rings is 2. The standard InChI is InChI=1S/C23H20N2O7S/c1-13-9-21(29)32-17-10-15(7-8-16(13)17)31-12-19(26)24-25-22(30)18(11-20(27)28)33-23(25)14-5-3-2-4-6-14/h2-10,18,23H,11-12H2,1H3,(H,24,26)(H,27,28). The second-order valence-electron chi connectivity index (χ2n) is 7.42. The molecule has 0 bridgehead atoms. The van der Waals surface area contributed by atoms with Gasteiger partial charge in [-0.2, -0.15) is 0 Å². The fraction of sp³-hybridized carbons (Fsp3) is 0.217. The van der Waals surface area contributed by atoms with Gasteiger partial charge in [0.05, 0.1) is 11.7 Å². The van der Waals surface area contributed by atoms with Crippen molar-refractivity contribution in [2.24, 2.45) is 0 Å². The van der Waals surface area contributed by atoms with Gasteiger partial charge in [0.1, 0.15) is 16.7 Å². The zero-order chi connectivity index (χ0) is 23.5. The van der Waals surface area contributed by atoms with Crippen LogP contribution in [0.5, 0.6) is 5.75 Å². The van der Waals surface area contributed by atoms with Crippen LogP contribution in [0.15, 0.2) is 63.8 Å². The molecule has 0 saturated carbocycles. The molecule has 0 spiro atoms. The topological polar surface area (TPSA) is 126 Å². The van der Waals surface area contributed by atoms with Crippen LogP contribution in [0.3, 0.4) is 0 Å². The Kier molecular flexibility index (Phi) is 6.36. The van der Waals surface area contributed by atoms with Crippen molar-refractivity contribution in [3.63, 3.8) is 0 Å². The lowest BCUT2D eigenvalue weighted by Gasteiger charge is -2.24. The first-order chi connectivity index (χ1) is 15.8. The van der Waals surface area contributed by atoms with E-state index in [2.05, 4.69) is 5.43 Å². The Hall–Kier alpha value is -3.79. The van der Waals surface area contributed by atoms with Gasteiger partial charge >= 0.3 is 11.6 Å². The first-order valence-electron chi connectivity index (χ1n) is 10.0. The Bertz CT molecular complexity index is 1270. The SMILES string of the molecule is Cc1cc(=O)oc2cc(OCC(=O)NN3C(=O)C(CC(=O)O)SC3c3ccccc3)ccc12. The van der Waals surface area contributed by atoms with Gasteiger partial charge < -0.3 is 14.3 Å². The predicted octanol–water partition coefficient (Wildman–Crippen LogP) is 2.63. The van der Waals surface area contributed by atoms with E-state index in [0.29, 0.717) is 11.3 Å². The third-order valence-electron chi connectivity index (χ3n) is 5.02. The number of aliphatic carboxylic acids is 1. The Balaban J connectivity index is 1.46. The predicted molar refractivity (Wildman–Crippen MR) is 121 cm³/mol. The number of carbonyl (C=O) groups excluding carboxylic acids is 2. The molecule has 33 heavy (non-hydrogen) atoms. The van der Waals surface area contributed by atoms with E-state index in [1.54, 1.807) is 43.3 Å². The van der Waals surface area contributed by atoms with Crippen LogP contribution in [0.4, 0.5) is 0 Å². The monoisotopic (exact) mass is 468 g/mol. The van der Waals surface area contributed by atoms with Crippen molar-refractivity contribution in [2.75, 3.05) is 6.61 Å². The number of amides is 2. The molecule has 2 heterocycles. The summed E-state index contributed by atoms with van der Waals surface area (Å²) in [4.78, 5) is 48.1. The number of aryl methyl sites for hydroxylation is 1. The summed E-state index contributed by atoms with van der Waals surface area (Å²) >= 11 is 1.17. The van der Waals surface area contributed by atoms with Crippen LogP contribution in [0.1, 0.15) is 22.9 Å². The summed E-state index contributed by atoms with van der Waals surface area (Å²) in [7, 11) is 0. The molecule has 2 amide bonds. The van der Waals surface area contributed by atoms with Crippen LogP contribution >= 0.6 is 11.8 Å². The molecule has 3 aromatic rings. The fourth-order valence-corrected chi connectivity index (χ4v) is 4.88. The lowest BCUT2D eigenvalue weighted by molar-refractivity contribution is -0.144. The number of carboxylic acid groups (broad SMARTS) is 1. The van der Waals surface area contributed by atoms with E-state index in [1.165, 1.54) is 23.9 Å². The Morgan fingerprint density at radius 1 is 1.15 bits per heavy atom. The van der Waals surface area contributed by atoms with Gasteiger partial charge in [0.2, 0.25) is 0 Å². The van der Waals surface area contributed by atoms with Crippen LogP contribution in [0.2, 0.25) is 0 Å². The smallest absolute Gasteiger partial charge is 0.336 e. The molecule has 1 aliphatic rings. The highest BCUT2D eigenvalue weighted by molar-refractivity contribution is 8.01. The van der Waals surface area contributed by atoms with Crippen LogP contribution in [0, 0.1) is 6.92 Å². The molecule has 1 fully saturated rings. The maximum absolute atomic E-state index is 12.8. The normalized spacial score (nSPS) is 17.8. The number of nitrogens with zero attached hydrogens (tertiary/aromatic N) is 1. The van der Waals surface area contributed by atoms with Crippen molar-refractivity contribution in [1.82, 2.24) is 10.4 Å². The molecule has 1 aromatic heterocycles. The molecule has 10 heteroatoms. The number of carbonyl (C=O) groups is 3. The highest BCUT2D eigenvalue weighted by Gasteiger charge is 2.43. The van der Waals surface area contributed by atoms with Gasteiger partial charge in [-0.05, 0) is 30.2 Å². The van der Waals surface area contributed by atoms with E-state index in [-0.39, 0.29) is 6.42 Å². The first kappa shape index (κ1) is 22.4. The van der Waals surface area contributed by atoms with Gasteiger partial charge in [0.25, 0.3) is 11.8 Å². The summed E-state index contributed by atoms with van der Waals surface area (Å²) in [5, 5.41) is 9.64. The van der Waals surface area contributed by atoms with Crippen molar-refractivity contribution >= 4 is 40.5 Å². The largest absolute Gasteiger partial charge is 0.484 e. The number of thioether (sulfide) groups is 1. The van der Waals surface area contributed by atoms with Crippen molar-refractivity contribution in [2.45, 2.75) is 24.0 Å². The molecule has 0 radical (unpaired) electrons. The maximum Gasteiger partial charge on any atom is 0.336 e. The second kappa shape index (κ2) is 9.37. The molecule has 0 aliphatic carbocycles. The molecule has 9 nitrogen and oxygen atoms in total. The minimum Gasteiger partial charge on any atom is -0.484 e. The van der Waals surface area contributed by atoms with Crippen molar-refractivity contribution < 1.29 is 28.6 Å². The molecule has 170 valence electrons. The van der Waals surface area contributed by atoms with Crippen molar-refractivity contribution in [3.05, 3.63) is 76.1 Å². The third-order valence-corrected chi connectivity index (χ3v) is 6.46. The lowest BCUT2D eigenvalue weighted by atomic mass is 10.1. The molecule has 1 saturated heterocycles. The van der Waals surface area contributed by atoms with Crippen molar-refractivity contribution in [3.8, 4) is 5.75 Å². The number of nitrogens with one attached hydrogen (secondary N) is 1. The maximum atomic E-state index is 12.8. The lowest BCUT2D eigenvalue weighted by Crippen LogP contribution is -2.47. The summed E-state index contributed by atoms with van der Waals surface area (Å²) in [6.45, 7) is 1.39. The molecular weight excluding hydrogens is 448 g/mol. The summed E-state index contributed by atoms with van der Waals surface area (Å²) in [6, 6.07) is 15.3. The summed E-state index contributed by atoms with van der Waals surface area (Å²) in [6.07, 6.45) is -0.350. The van der Waals surface area contributed by atoms with Gasteiger partial charge in [-0.1, -0.05) is 30.3 Å². The van der Waals surface area contributed by atoms with Gasteiger partial charge in [-0.15, -0.1) is 11.8 Å². The van der Waals surface area contributed by atoms with E-state index >= 15 is 0 Å². The zero-order valence-electron chi connectivity index (χ0n) is 17.5.